The van der Waals surface area contributed by atoms with Crippen molar-refractivity contribution in [1.82, 2.24) is 0 Å². The Kier molecular flexibility index (Phi) is 3.83. The van der Waals surface area contributed by atoms with Crippen LogP contribution >= 0.6 is 0 Å². The smallest absolute Gasteiger partial charge is 0.203 e. The Bertz CT molecular complexity index is 737. The third-order valence-electron chi connectivity index (χ3n) is 3.80. The second-order valence-corrected chi connectivity index (χ2v) is 5.17. The van der Waals surface area contributed by atoms with Gasteiger partial charge in [-0.3, -0.25) is 4.79 Å². The highest BCUT2D eigenvalue weighted by molar-refractivity contribution is 6.05. The van der Waals surface area contributed by atoms with Crippen molar-refractivity contribution >= 4 is 5.78 Å². The van der Waals surface area contributed by atoms with Crippen molar-refractivity contribution in [1.29, 1.82) is 0 Å². The molecule has 0 amide bonds. The fourth-order valence-electron chi connectivity index (χ4n) is 2.67. The molecular formula is C17H16O6. The third kappa shape index (κ3) is 2.57. The molecule has 2 N–H and O–H groups in total. The van der Waals surface area contributed by atoms with Crippen LogP contribution in [0, 0.1) is 0 Å². The number of hydrogen-bond acceptors (Lipinski definition) is 6. The summed E-state index contributed by atoms with van der Waals surface area (Å²) in [5, 5.41) is 19.5. The predicted molar refractivity (Wildman–Crippen MR) is 81.3 cm³/mol. The highest BCUT2D eigenvalue weighted by atomic mass is 16.5. The molecule has 0 fully saturated rings. The summed E-state index contributed by atoms with van der Waals surface area (Å²) in [7, 11) is 2.97. The lowest BCUT2D eigenvalue weighted by molar-refractivity contribution is -0.00108. The number of phenolic OH excluding ortho intramolecular Hbond substituents is 2. The van der Waals surface area contributed by atoms with Gasteiger partial charge in [0.15, 0.2) is 12.2 Å². The Hall–Kier alpha value is -2.73. The summed E-state index contributed by atoms with van der Waals surface area (Å²) in [5.41, 5.74) is 0.735. The number of carbonyl (C=O) groups excluding carboxylic acids is 1. The molecule has 6 nitrogen and oxygen atoms in total. The van der Waals surface area contributed by atoms with Crippen molar-refractivity contribution in [2.75, 3.05) is 14.2 Å². The molecule has 0 saturated heterocycles. The van der Waals surface area contributed by atoms with Gasteiger partial charge in [0.05, 0.1) is 7.11 Å². The maximum Gasteiger partial charge on any atom is 0.203 e. The van der Waals surface area contributed by atoms with Gasteiger partial charge in [0.2, 0.25) is 5.78 Å². The maximum absolute atomic E-state index is 12.6. The molecule has 0 aliphatic carbocycles. The summed E-state index contributed by atoms with van der Waals surface area (Å²) in [6, 6.07) is 9.46. The van der Waals surface area contributed by atoms with Gasteiger partial charge in [0.1, 0.15) is 28.6 Å². The average molecular weight is 316 g/mol. The predicted octanol–water partition coefficient (Wildman–Crippen LogP) is 2.44. The number of benzene rings is 2. The third-order valence-corrected chi connectivity index (χ3v) is 3.80. The molecule has 120 valence electrons. The monoisotopic (exact) mass is 316 g/mol. The van der Waals surface area contributed by atoms with Crippen LogP contribution in [0.3, 0.4) is 0 Å². The molecule has 0 spiro atoms. The number of fused-ring (bicyclic) bond motifs is 1. The molecule has 1 aliphatic heterocycles. The van der Waals surface area contributed by atoms with Crippen LogP contribution in [-0.4, -0.2) is 36.3 Å². The van der Waals surface area contributed by atoms with E-state index >= 15 is 0 Å². The van der Waals surface area contributed by atoms with Crippen LogP contribution in [-0.2, 0) is 4.74 Å². The highest BCUT2D eigenvalue weighted by Gasteiger charge is 2.40. The molecule has 0 radical (unpaired) electrons. The number of ketones is 1. The Morgan fingerprint density at radius 2 is 1.78 bits per heavy atom. The van der Waals surface area contributed by atoms with E-state index in [1.54, 1.807) is 31.4 Å². The molecule has 1 heterocycles. The van der Waals surface area contributed by atoms with E-state index in [-0.39, 0.29) is 22.8 Å². The Morgan fingerprint density at radius 3 is 2.39 bits per heavy atom. The van der Waals surface area contributed by atoms with Gasteiger partial charge in [-0.2, -0.15) is 0 Å². The first-order valence-corrected chi connectivity index (χ1v) is 6.98. The van der Waals surface area contributed by atoms with Crippen molar-refractivity contribution < 1.29 is 29.2 Å². The van der Waals surface area contributed by atoms with Crippen molar-refractivity contribution in [3.05, 3.63) is 47.5 Å². The number of hydrogen-bond donors (Lipinski definition) is 2. The summed E-state index contributed by atoms with van der Waals surface area (Å²) >= 11 is 0. The van der Waals surface area contributed by atoms with E-state index in [0.717, 1.165) is 11.6 Å². The van der Waals surface area contributed by atoms with E-state index in [4.69, 9.17) is 14.2 Å². The molecule has 0 aromatic heterocycles. The first-order chi connectivity index (χ1) is 11.0. The molecular weight excluding hydrogens is 300 g/mol. The molecule has 2 atom stereocenters. The Morgan fingerprint density at radius 1 is 1.09 bits per heavy atom. The Balaban J connectivity index is 2.05. The molecule has 2 aromatic carbocycles. The summed E-state index contributed by atoms with van der Waals surface area (Å²) < 4.78 is 16.2. The lowest BCUT2D eigenvalue weighted by Crippen LogP contribution is -2.37. The van der Waals surface area contributed by atoms with Crippen LogP contribution in [0.5, 0.6) is 23.0 Å². The van der Waals surface area contributed by atoms with E-state index in [2.05, 4.69) is 0 Å². The van der Waals surface area contributed by atoms with Gasteiger partial charge in [-0.15, -0.1) is 0 Å². The van der Waals surface area contributed by atoms with E-state index in [1.165, 1.54) is 13.2 Å². The largest absolute Gasteiger partial charge is 0.508 e. The quantitative estimate of drug-likeness (QED) is 0.904. The molecule has 6 heteroatoms. The summed E-state index contributed by atoms with van der Waals surface area (Å²) in [5.74, 6) is -0.104. The topological polar surface area (TPSA) is 85.2 Å². The van der Waals surface area contributed by atoms with Crippen LogP contribution in [0.4, 0.5) is 0 Å². The van der Waals surface area contributed by atoms with Gasteiger partial charge in [-0.1, -0.05) is 12.1 Å². The minimum atomic E-state index is -0.897. The summed E-state index contributed by atoms with van der Waals surface area (Å²) in [6.45, 7) is 0. The fraction of sp³-hybridized carbons (Fsp3) is 0.235. The van der Waals surface area contributed by atoms with Crippen LogP contribution < -0.4 is 9.47 Å². The van der Waals surface area contributed by atoms with E-state index in [0.29, 0.717) is 5.75 Å². The van der Waals surface area contributed by atoms with Gasteiger partial charge in [-0.25, -0.2) is 0 Å². The SMILES string of the molecule is COc1ccc(C2Oc3cc(O)cc(O)c3C(=O)C2OC)cc1. The molecule has 3 rings (SSSR count). The highest BCUT2D eigenvalue weighted by Crippen LogP contribution is 2.42. The number of carbonyl (C=O) groups is 1. The number of phenols is 2. The van der Waals surface area contributed by atoms with Crippen molar-refractivity contribution in [2.45, 2.75) is 12.2 Å². The minimum Gasteiger partial charge on any atom is -0.508 e. The second-order valence-electron chi connectivity index (χ2n) is 5.17. The van der Waals surface area contributed by atoms with Gasteiger partial charge in [-0.05, 0) is 17.7 Å². The normalized spacial score (nSPS) is 19.8. The van der Waals surface area contributed by atoms with E-state index < -0.39 is 18.0 Å². The molecule has 0 saturated carbocycles. The van der Waals surface area contributed by atoms with Gasteiger partial charge >= 0.3 is 0 Å². The van der Waals surface area contributed by atoms with Crippen LogP contribution in [0.15, 0.2) is 36.4 Å². The minimum absolute atomic E-state index is 0.0133. The molecule has 2 aromatic rings. The lowest BCUT2D eigenvalue weighted by atomic mass is 9.92. The number of Topliss-reactive ketones (excluding diaryl/α,β-unsaturated/α-hetero) is 1. The Labute approximate surface area is 132 Å². The standard InChI is InChI=1S/C17H16O6/c1-21-11-5-3-9(4-6-11)16-17(22-2)15(20)14-12(19)7-10(18)8-13(14)23-16/h3-8,16-19H,1-2H3. The molecule has 0 bridgehead atoms. The number of methoxy groups -OCH3 is 2. The van der Waals surface area contributed by atoms with Crippen LogP contribution in [0.25, 0.3) is 0 Å². The van der Waals surface area contributed by atoms with Crippen molar-refractivity contribution in [3.8, 4) is 23.0 Å². The number of rotatable bonds is 3. The summed E-state index contributed by atoms with van der Waals surface area (Å²) in [6.07, 6.45) is -1.58. The lowest BCUT2D eigenvalue weighted by Gasteiger charge is -2.32. The molecule has 2 unspecified atom stereocenters. The summed E-state index contributed by atoms with van der Waals surface area (Å²) in [4.78, 5) is 12.6. The van der Waals surface area contributed by atoms with Crippen molar-refractivity contribution in [2.24, 2.45) is 0 Å². The van der Waals surface area contributed by atoms with Crippen LogP contribution in [0.1, 0.15) is 22.0 Å². The molecule has 1 aliphatic rings. The zero-order valence-corrected chi connectivity index (χ0v) is 12.6. The number of aromatic hydroxyl groups is 2. The maximum atomic E-state index is 12.6. The zero-order chi connectivity index (χ0) is 16.6. The van der Waals surface area contributed by atoms with Gasteiger partial charge in [0.25, 0.3) is 0 Å². The fourth-order valence-corrected chi connectivity index (χ4v) is 2.67. The van der Waals surface area contributed by atoms with E-state index in [1.807, 2.05) is 0 Å². The zero-order valence-electron chi connectivity index (χ0n) is 12.6. The van der Waals surface area contributed by atoms with Crippen molar-refractivity contribution in [3.63, 3.8) is 0 Å². The number of ether oxygens (including phenoxy) is 3. The molecule has 23 heavy (non-hydrogen) atoms. The van der Waals surface area contributed by atoms with Gasteiger partial charge < -0.3 is 24.4 Å². The average Bonchev–Trinajstić information content (AvgIpc) is 2.54. The first kappa shape index (κ1) is 15.2. The second kappa shape index (κ2) is 5.81. The van der Waals surface area contributed by atoms with Crippen LogP contribution in [0.2, 0.25) is 0 Å². The van der Waals surface area contributed by atoms with Gasteiger partial charge in [0, 0.05) is 19.2 Å². The first-order valence-electron chi connectivity index (χ1n) is 6.98. The van der Waals surface area contributed by atoms with E-state index in [9.17, 15) is 15.0 Å².